The summed E-state index contributed by atoms with van der Waals surface area (Å²) in [5, 5.41) is 0. The van der Waals surface area contributed by atoms with Crippen molar-refractivity contribution in [2.24, 2.45) is 29.6 Å². The summed E-state index contributed by atoms with van der Waals surface area (Å²) < 4.78 is 5.42. The van der Waals surface area contributed by atoms with E-state index in [4.69, 9.17) is 4.74 Å². The minimum Gasteiger partial charge on any atom is -0.463 e. The Balaban J connectivity index is 1.32. The zero-order chi connectivity index (χ0) is 19.1. The van der Waals surface area contributed by atoms with Gasteiger partial charge in [-0.25, -0.2) is 0 Å². The fraction of sp³-hybridized carbons (Fsp3) is 0.960. The number of hydrogen-bond acceptors (Lipinski definition) is 2. The first-order chi connectivity index (χ1) is 13.2. The molecule has 0 aromatic carbocycles. The van der Waals surface area contributed by atoms with E-state index in [9.17, 15) is 4.79 Å². The number of carbonyl (C=O) groups is 1. The van der Waals surface area contributed by atoms with Crippen LogP contribution >= 0.6 is 0 Å². The van der Waals surface area contributed by atoms with Crippen LogP contribution in [0.1, 0.15) is 117 Å². The summed E-state index contributed by atoms with van der Waals surface area (Å²) in [6, 6.07) is 0. The summed E-state index contributed by atoms with van der Waals surface area (Å²) in [5.74, 6) is 4.91. The molecular formula is C25H44O2. The van der Waals surface area contributed by atoms with Crippen LogP contribution in [0.25, 0.3) is 0 Å². The van der Waals surface area contributed by atoms with Gasteiger partial charge in [0.15, 0.2) is 0 Å². The highest BCUT2D eigenvalue weighted by molar-refractivity contribution is 5.66. The highest BCUT2D eigenvalue weighted by Crippen LogP contribution is 2.46. The molecule has 3 aliphatic rings. The van der Waals surface area contributed by atoms with Crippen LogP contribution in [0.4, 0.5) is 0 Å². The number of rotatable bonds is 7. The predicted molar refractivity (Wildman–Crippen MR) is 113 cm³/mol. The minimum absolute atomic E-state index is 0.0981. The van der Waals surface area contributed by atoms with Gasteiger partial charge in [0, 0.05) is 6.92 Å². The molecular weight excluding hydrogens is 332 g/mol. The van der Waals surface area contributed by atoms with Crippen LogP contribution in [-0.2, 0) is 9.53 Å². The van der Waals surface area contributed by atoms with E-state index in [1.54, 1.807) is 6.92 Å². The highest BCUT2D eigenvalue weighted by atomic mass is 16.5. The number of unbranched alkanes of at least 4 members (excludes halogenated alkanes) is 2. The molecule has 0 aromatic heterocycles. The van der Waals surface area contributed by atoms with Crippen LogP contribution in [-0.4, -0.2) is 12.1 Å². The van der Waals surface area contributed by atoms with Crippen molar-refractivity contribution in [3.63, 3.8) is 0 Å². The number of esters is 1. The van der Waals surface area contributed by atoms with Gasteiger partial charge >= 0.3 is 5.97 Å². The smallest absolute Gasteiger partial charge is 0.302 e. The Bertz CT molecular complexity index is 422. The molecule has 0 spiro atoms. The van der Waals surface area contributed by atoms with Crippen LogP contribution in [0.2, 0.25) is 0 Å². The van der Waals surface area contributed by atoms with E-state index in [0.29, 0.717) is 0 Å². The summed E-state index contributed by atoms with van der Waals surface area (Å²) in [4.78, 5) is 11.1. The summed E-state index contributed by atoms with van der Waals surface area (Å²) in [5.41, 5.74) is 0. The summed E-state index contributed by atoms with van der Waals surface area (Å²) in [6.45, 7) is 3.87. The quantitative estimate of drug-likeness (QED) is 0.344. The molecule has 3 aliphatic carbocycles. The lowest BCUT2D eigenvalue weighted by atomic mass is 9.65. The molecule has 27 heavy (non-hydrogen) atoms. The standard InChI is InChI=1S/C25H44O2/c1-3-4-5-6-20-7-9-21(10-8-20)22-11-13-23(14-12-22)24-15-17-25(18-16-24)27-19(2)26/h20-25H,3-18H2,1-2H3/t20-,21-,22-,23-,24-,25-. The molecule has 0 aromatic rings. The van der Waals surface area contributed by atoms with Crippen molar-refractivity contribution in [3.8, 4) is 0 Å². The zero-order valence-electron chi connectivity index (χ0n) is 18.1. The largest absolute Gasteiger partial charge is 0.463 e. The molecule has 0 radical (unpaired) electrons. The summed E-state index contributed by atoms with van der Waals surface area (Å²) in [6.07, 6.45) is 22.8. The summed E-state index contributed by atoms with van der Waals surface area (Å²) >= 11 is 0. The van der Waals surface area contributed by atoms with E-state index in [2.05, 4.69) is 6.92 Å². The third-order valence-electron chi connectivity index (χ3n) is 8.31. The van der Waals surface area contributed by atoms with Crippen molar-refractivity contribution in [1.82, 2.24) is 0 Å². The molecule has 0 unspecified atom stereocenters. The Hall–Kier alpha value is -0.530. The number of hydrogen-bond donors (Lipinski definition) is 0. The van der Waals surface area contributed by atoms with Crippen molar-refractivity contribution >= 4 is 5.97 Å². The molecule has 3 rings (SSSR count). The van der Waals surface area contributed by atoms with Gasteiger partial charge in [0.05, 0.1) is 0 Å². The van der Waals surface area contributed by atoms with E-state index < -0.39 is 0 Å². The fourth-order valence-corrected chi connectivity index (χ4v) is 6.63. The van der Waals surface area contributed by atoms with Crippen molar-refractivity contribution in [3.05, 3.63) is 0 Å². The second-order valence-corrected chi connectivity index (χ2v) is 10.1. The molecule has 3 fully saturated rings. The molecule has 0 bridgehead atoms. The first-order valence-corrected chi connectivity index (χ1v) is 12.3. The SMILES string of the molecule is CCCCC[C@H]1CC[C@H]([C@H]2CC[C@H]([C@H]3CC[C@H](OC(C)=O)CC3)CC2)CC1. The zero-order valence-corrected chi connectivity index (χ0v) is 18.1. The Labute approximate surface area is 168 Å². The van der Waals surface area contributed by atoms with Crippen LogP contribution < -0.4 is 0 Å². The average molecular weight is 377 g/mol. The third kappa shape index (κ3) is 6.50. The Kier molecular flexibility index (Phi) is 8.52. The Morgan fingerprint density at radius 2 is 1.15 bits per heavy atom. The molecule has 0 saturated heterocycles. The van der Waals surface area contributed by atoms with Crippen LogP contribution in [0.5, 0.6) is 0 Å². The molecule has 2 heteroatoms. The van der Waals surface area contributed by atoms with Gasteiger partial charge in [-0.15, -0.1) is 0 Å². The second kappa shape index (κ2) is 10.9. The first-order valence-electron chi connectivity index (χ1n) is 12.3. The van der Waals surface area contributed by atoms with Crippen molar-refractivity contribution < 1.29 is 9.53 Å². The van der Waals surface area contributed by atoms with Crippen LogP contribution in [0.15, 0.2) is 0 Å². The topological polar surface area (TPSA) is 26.3 Å². The minimum atomic E-state index is -0.0981. The van der Waals surface area contributed by atoms with Crippen molar-refractivity contribution in [2.45, 2.75) is 123 Å². The molecule has 0 N–H and O–H groups in total. The summed E-state index contributed by atoms with van der Waals surface area (Å²) in [7, 11) is 0. The molecule has 0 amide bonds. The molecule has 3 saturated carbocycles. The van der Waals surface area contributed by atoms with E-state index in [0.717, 1.165) is 42.4 Å². The van der Waals surface area contributed by atoms with Gasteiger partial charge in [-0.2, -0.15) is 0 Å². The normalized spacial score (nSPS) is 37.7. The van der Waals surface area contributed by atoms with Crippen LogP contribution in [0, 0.1) is 29.6 Å². The lowest BCUT2D eigenvalue weighted by Crippen LogP contribution is -2.31. The molecule has 0 aliphatic heterocycles. The van der Waals surface area contributed by atoms with Crippen molar-refractivity contribution in [1.29, 1.82) is 0 Å². The van der Waals surface area contributed by atoms with Crippen molar-refractivity contribution in [2.75, 3.05) is 0 Å². The molecule has 2 nitrogen and oxygen atoms in total. The second-order valence-electron chi connectivity index (χ2n) is 10.1. The molecule has 0 heterocycles. The first kappa shape index (κ1) is 21.2. The van der Waals surface area contributed by atoms with Gasteiger partial charge in [-0.1, -0.05) is 45.4 Å². The maximum Gasteiger partial charge on any atom is 0.302 e. The van der Waals surface area contributed by atoms with Gasteiger partial charge in [-0.05, 0) is 93.8 Å². The molecule has 156 valence electrons. The number of carbonyl (C=O) groups excluding carboxylic acids is 1. The van der Waals surface area contributed by atoms with E-state index >= 15 is 0 Å². The lowest BCUT2D eigenvalue weighted by Gasteiger charge is -2.41. The van der Waals surface area contributed by atoms with E-state index in [1.807, 2.05) is 0 Å². The lowest BCUT2D eigenvalue weighted by molar-refractivity contribution is -0.148. The third-order valence-corrected chi connectivity index (χ3v) is 8.31. The monoisotopic (exact) mass is 376 g/mol. The van der Waals surface area contributed by atoms with Crippen LogP contribution in [0.3, 0.4) is 0 Å². The van der Waals surface area contributed by atoms with Gasteiger partial charge in [0.1, 0.15) is 6.10 Å². The van der Waals surface area contributed by atoms with Gasteiger partial charge in [-0.3, -0.25) is 4.79 Å². The highest BCUT2D eigenvalue weighted by Gasteiger charge is 2.35. The molecule has 0 atom stereocenters. The van der Waals surface area contributed by atoms with E-state index in [1.165, 1.54) is 89.9 Å². The number of ether oxygens (including phenoxy) is 1. The van der Waals surface area contributed by atoms with Gasteiger partial charge in [0.2, 0.25) is 0 Å². The maximum absolute atomic E-state index is 11.1. The van der Waals surface area contributed by atoms with Gasteiger partial charge in [0.25, 0.3) is 0 Å². The fourth-order valence-electron chi connectivity index (χ4n) is 6.63. The Morgan fingerprint density at radius 3 is 1.59 bits per heavy atom. The maximum atomic E-state index is 11.1. The average Bonchev–Trinajstić information content (AvgIpc) is 2.69. The van der Waals surface area contributed by atoms with E-state index in [-0.39, 0.29) is 12.1 Å². The predicted octanol–water partition coefficient (Wildman–Crippen LogP) is 7.30. The Morgan fingerprint density at radius 1 is 0.704 bits per heavy atom. The van der Waals surface area contributed by atoms with Gasteiger partial charge < -0.3 is 4.74 Å².